The molecule has 0 spiro atoms. The van der Waals surface area contributed by atoms with Crippen molar-refractivity contribution in [3.05, 3.63) is 35.9 Å². The molecule has 1 saturated heterocycles. The molecule has 1 aliphatic rings. The van der Waals surface area contributed by atoms with Crippen LogP contribution in [0.15, 0.2) is 30.3 Å². The normalized spacial score (nSPS) is 20.5. The van der Waals surface area contributed by atoms with Crippen LogP contribution in [-0.4, -0.2) is 54.7 Å². The Morgan fingerprint density at radius 3 is 2.62 bits per heavy atom. The lowest BCUT2D eigenvalue weighted by Gasteiger charge is -2.18. The average Bonchev–Trinajstić information content (AvgIpc) is 2.98. The van der Waals surface area contributed by atoms with Gasteiger partial charge in [-0.15, -0.1) is 0 Å². The molecule has 1 aliphatic heterocycles. The van der Waals surface area contributed by atoms with Crippen molar-refractivity contribution in [3.8, 4) is 0 Å². The van der Waals surface area contributed by atoms with Crippen LogP contribution < -0.4 is 5.32 Å². The molecule has 1 fully saturated rings. The Morgan fingerprint density at radius 1 is 1.29 bits per heavy atom. The summed E-state index contributed by atoms with van der Waals surface area (Å²) in [5, 5.41) is 12.4. The maximum Gasteiger partial charge on any atom is 0.407 e. The lowest BCUT2D eigenvalue weighted by Crippen LogP contribution is -2.44. The summed E-state index contributed by atoms with van der Waals surface area (Å²) in [6, 6.07) is 8.88. The van der Waals surface area contributed by atoms with Crippen LogP contribution in [0.2, 0.25) is 6.82 Å². The standard InChI is InChI=1S/C16H23BN2O5/c1-3-23-15(20)13-9-19(17(2)22)10-14(13)18-16(21)24-11-12-7-5-4-6-8-12/h4-8,13-14,22H,3,9-11H2,1-2H3,(H,18,21)/t13-,14-/m1/s1. The SMILES string of the molecule is CCOC(=O)[C@@H]1CN(B(C)O)C[C@H]1NC(=O)OCc1ccccc1. The Bertz CT molecular complexity index is 555. The number of nitrogens with one attached hydrogen (secondary N) is 1. The smallest absolute Gasteiger partial charge is 0.407 e. The minimum absolute atomic E-state index is 0.156. The number of rotatable bonds is 6. The third kappa shape index (κ3) is 4.97. The van der Waals surface area contributed by atoms with E-state index in [4.69, 9.17) is 9.47 Å². The van der Waals surface area contributed by atoms with Crippen LogP contribution >= 0.6 is 0 Å². The molecule has 0 unspecified atom stereocenters. The highest BCUT2D eigenvalue weighted by Crippen LogP contribution is 2.19. The predicted molar refractivity (Wildman–Crippen MR) is 89.1 cm³/mol. The van der Waals surface area contributed by atoms with Gasteiger partial charge in [-0.05, 0) is 19.3 Å². The molecule has 8 heteroatoms. The highest BCUT2D eigenvalue weighted by atomic mass is 16.5. The highest BCUT2D eigenvalue weighted by Gasteiger charge is 2.41. The molecule has 0 aliphatic carbocycles. The first-order chi connectivity index (χ1) is 11.5. The van der Waals surface area contributed by atoms with E-state index in [0.717, 1.165) is 5.56 Å². The molecule has 7 nitrogen and oxygen atoms in total. The summed E-state index contributed by atoms with van der Waals surface area (Å²) >= 11 is 0. The van der Waals surface area contributed by atoms with Gasteiger partial charge in [-0.3, -0.25) is 4.79 Å². The Labute approximate surface area is 142 Å². The van der Waals surface area contributed by atoms with E-state index in [1.807, 2.05) is 30.3 Å². The molecule has 0 aromatic heterocycles. The first-order valence-corrected chi connectivity index (χ1v) is 8.07. The Kier molecular flexibility index (Phi) is 6.63. The first kappa shape index (κ1) is 18.3. The Balaban J connectivity index is 1.91. The maximum absolute atomic E-state index is 12.1. The van der Waals surface area contributed by atoms with Crippen molar-refractivity contribution in [3.63, 3.8) is 0 Å². The molecule has 24 heavy (non-hydrogen) atoms. The zero-order valence-electron chi connectivity index (χ0n) is 14.0. The molecule has 0 radical (unpaired) electrons. The topological polar surface area (TPSA) is 88.1 Å². The van der Waals surface area contributed by atoms with Gasteiger partial charge in [0.15, 0.2) is 0 Å². The van der Waals surface area contributed by atoms with Gasteiger partial charge >= 0.3 is 19.1 Å². The van der Waals surface area contributed by atoms with Gasteiger partial charge in [0.1, 0.15) is 6.61 Å². The monoisotopic (exact) mass is 334 g/mol. The number of carbonyl (C=O) groups excluding carboxylic acids is 2. The number of ether oxygens (including phenoxy) is 2. The van der Waals surface area contributed by atoms with Crippen LogP contribution in [0.25, 0.3) is 0 Å². The second-order valence-electron chi connectivity index (χ2n) is 5.76. The van der Waals surface area contributed by atoms with E-state index in [0.29, 0.717) is 13.1 Å². The summed E-state index contributed by atoms with van der Waals surface area (Å²) in [6.45, 7) is 4.48. The molecule has 2 N–H and O–H groups in total. The second kappa shape index (κ2) is 8.70. The fourth-order valence-electron chi connectivity index (χ4n) is 2.69. The summed E-state index contributed by atoms with van der Waals surface area (Å²) in [5.41, 5.74) is 0.881. The van der Waals surface area contributed by atoms with Crippen LogP contribution in [0.1, 0.15) is 12.5 Å². The minimum atomic E-state index is -0.700. The van der Waals surface area contributed by atoms with E-state index < -0.39 is 25.1 Å². The fourth-order valence-corrected chi connectivity index (χ4v) is 2.69. The number of hydrogen-bond donors (Lipinski definition) is 2. The lowest BCUT2D eigenvalue weighted by molar-refractivity contribution is -0.147. The minimum Gasteiger partial charge on any atom is -0.466 e. The van der Waals surface area contributed by atoms with Crippen molar-refractivity contribution in [1.82, 2.24) is 10.1 Å². The van der Waals surface area contributed by atoms with Crippen molar-refractivity contribution in [1.29, 1.82) is 0 Å². The molecule has 0 bridgehead atoms. The van der Waals surface area contributed by atoms with Crippen molar-refractivity contribution >= 4 is 19.1 Å². The molecule has 1 amide bonds. The van der Waals surface area contributed by atoms with Gasteiger partial charge in [-0.25, -0.2) is 4.79 Å². The molecular weight excluding hydrogens is 311 g/mol. The number of esters is 1. The van der Waals surface area contributed by atoms with E-state index in [1.165, 1.54) is 0 Å². The van der Waals surface area contributed by atoms with Crippen molar-refractivity contribution in [2.45, 2.75) is 26.4 Å². The molecule has 1 aromatic rings. The van der Waals surface area contributed by atoms with Gasteiger partial charge in [0.05, 0.1) is 18.6 Å². The largest absolute Gasteiger partial charge is 0.466 e. The second-order valence-corrected chi connectivity index (χ2v) is 5.76. The van der Waals surface area contributed by atoms with Gasteiger partial charge in [0.2, 0.25) is 0 Å². The fraction of sp³-hybridized carbons (Fsp3) is 0.500. The van der Waals surface area contributed by atoms with E-state index in [-0.39, 0.29) is 19.2 Å². The van der Waals surface area contributed by atoms with Crippen LogP contribution in [0.3, 0.4) is 0 Å². The summed E-state index contributed by atoms with van der Waals surface area (Å²) in [5.74, 6) is -0.905. The van der Waals surface area contributed by atoms with Crippen LogP contribution in [0.4, 0.5) is 4.79 Å². The predicted octanol–water partition coefficient (Wildman–Crippen LogP) is 0.887. The lowest BCUT2D eigenvalue weighted by atomic mass is 9.86. The Hall–Kier alpha value is -2.06. The summed E-state index contributed by atoms with van der Waals surface area (Å²) in [4.78, 5) is 25.8. The van der Waals surface area contributed by atoms with Gasteiger partial charge in [0, 0.05) is 13.1 Å². The van der Waals surface area contributed by atoms with Crippen molar-refractivity contribution < 1.29 is 24.1 Å². The van der Waals surface area contributed by atoms with Gasteiger partial charge in [-0.2, -0.15) is 0 Å². The average molecular weight is 334 g/mol. The van der Waals surface area contributed by atoms with E-state index >= 15 is 0 Å². The molecule has 2 atom stereocenters. The quantitative estimate of drug-likeness (QED) is 0.593. The van der Waals surface area contributed by atoms with Gasteiger partial charge < -0.3 is 24.6 Å². The van der Waals surface area contributed by atoms with Crippen LogP contribution in [0, 0.1) is 5.92 Å². The molecular formula is C16H23BN2O5. The number of benzene rings is 1. The molecule has 1 heterocycles. The van der Waals surface area contributed by atoms with E-state index in [9.17, 15) is 14.6 Å². The number of amides is 1. The summed E-state index contributed by atoms with van der Waals surface area (Å²) in [7, 11) is -0.700. The molecule has 2 rings (SSSR count). The first-order valence-electron chi connectivity index (χ1n) is 8.07. The maximum atomic E-state index is 12.1. The van der Waals surface area contributed by atoms with Crippen LogP contribution in [-0.2, 0) is 20.9 Å². The van der Waals surface area contributed by atoms with Gasteiger partial charge in [-0.1, -0.05) is 30.3 Å². The van der Waals surface area contributed by atoms with Gasteiger partial charge in [0.25, 0.3) is 0 Å². The third-order valence-corrected chi connectivity index (χ3v) is 3.98. The van der Waals surface area contributed by atoms with E-state index in [2.05, 4.69) is 5.32 Å². The van der Waals surface area contributed by atoms with Crippen molar-refractivity contribution in [2.24, 2.45) is 5.92 Å². The Morgan fingerprint density at radius 2 is 2.00 bits per heavy atom. The number of hydrogen-bond acceptors (Lipinski definition) is 6. The van der Waals surface area contributed by atoms with Crippen molar-refractivity contribution in [2.75, 3.05) is 19.7 Å². The summed E-state index contributed by atoms with van der Waals surface area (Å²) in [6.07, 6.45) is -0.592. The van der Waals surface area contributed by atoms with E-state index in [1.54, 1.807) is 18.6 Å². The molecule has 1 aromatic carbocycles. The highest BCUT2D eigenvalue weighted by molar-refractivity contribution is 6.45. The zero-order chi connectivity index (χ0) is 17.5. The zero-order valence-corrected chi connectivity index (χ0v) is 14.0. The number of nitrogens with zero attached hydrogens (tertiary/aromatic N) is 1. The summed E-state index contributed by atoms with van der Waals surface area (Å²) < 4.78 is 10.2. The third-order valence-electron chi connectivity index (χ3n) is 3.98. The molecule has 0 saturated carbocycles. The van der Waals surface area contributed by atoms with Crippen LogP contribution in [0.5, 0.6) is 0 Å². The molecule has 130 valence electrons. The number of alkyl carbamates (subject to hydrolysis) is 1. The number of carbonyl (C=O) groups is 2.